The zero-order valence-corrected chi connectivity index (χ0v) is 5.93. The van der Waals surface area contributed by atoms with Gasteiger partial charge in [0.1, 0.15) is 0 Å². The van der Waals surface area contributed by atoms with Crippen LogP contribution in [-0.2, 0) is 0 Å². The van der Waals surface area contributed by atoms with Gasteiger partial charge in [0.2, 0.25) is 0 Å². The van der Waals surface area contributed by atoms with Crippen molar-refractivity contribution in [3.63, 3.8) is 0 Å². The van der Waals surface area contributed by atoms with Crippen molar-refractivity contribution in [3.8, 4) is 0 Å². The Hall–Kier alpha value is -0.120. The summed E-state index contributed by atoms with van der Waals surface area (Å²) in [5, 5.41) is 2.16. The average molecular weight is 129 g/mol. The van der Waals surface area contributed by atoms with Crippen molar-refractivity contribution in [2.45, 2.75) is 18.9 Å². The Kier molecular flexibility index (Phi) is 2.45. The lowest BCUT2D eigenvalue weighted by molar-refractivity contribution is 0.156. The minimum atomic E-state index is 0.381. The van der Waals surface area contributed by atoms with E-state index in [9.17, 15) is 0 Å². The minimum Gasteiger partial charge on any atom is -0.326 e. The molecule has 0 aromatic heterocycles. The number of hydrogen-bond acceptors (Lipinski definition) is 3. The number of nitrogens with zero attached hydrogens (tertiary/aromatic N) is 1. The van der Waals surface area contributed by atoms with Crippen molar-refractivity contribution in [2.75, 3.05) is 20.1 Å². The van der Waals surface area contributed by atoms with E-state index in [0.717, 1.165) is 13.1 Å². The van der Waals surface area contributed by atoms with E-state index in [1.165, 1.54) is 12.8 Å². The monoisotopic (exact) mass is 129 g/mol. The Morgan fingerprint density at radius 1 is 1.67 bits per heavy atom. The van der Waals surface area contributed by atoms with E-state index in [1.54, 1.807) is 0 Å². The number of rotatable bonds is 1. The Labute approximate surface area is 56.2 Å². The van der Waals surface area contributed by atoms with Crippen LogP contribution in [0.3, 0.4) is 0 Å². The van der Waals surface area contributed by atoms with Crippen molar-refractivity contribution >= 4 is 0 Å². The Bertz CT molecular complexity index is 84.4. The third-order valence-corrected chi connectivity index (χ3v) is 1.77. The molecule has 0 saturated carbocycles. The molecule has 1 rings (SSSR count). The van der Waals surface area contributed by atoms with Gasteiger partial charge in [-0.25, -0.2) is 5.01 Å². The lowest BCUT2D eigenvalue weighted by Gasteiger charge is -2.29. The topological polar surface area (TPSA) is 41.3 Å². The van der Waals surface area contributed by atoms with Crippen LogP contribution in [0.1, 0.15) is 12.8 Å². The second-order valence-corrected chi connectivity index (χ2v) is 2.57. The van der Waals surface area contributed by atoms with Crippen LogP contribution in [0.5, 0.6) is 0 Å². The normalized spacial score (nSPS) is 30.7. The highest BCUT2D eigenvalue weighted by Crippen LogP contribution is 2.04. The summed E-state index contributed by atoms with van der Waals surface area (Å²) in [6.45, 7) is 2.14. The van der Waals surface area contributed by atoms with E-state index in [2.05, 4.69) is 10.4 Å². The van der Waals surface area contributed by atoms with Gasteiger partial charge in [0.15, 0.2) is 0 Å². The molecule has 1 unspecified atom stereocenters. The van der Waals surface area contributed by atoms with Crippen molar-refractivity contribution in [1.82, 2.24) is 10.4 Å². The summed E-state index contributed by atoms with van der Waals surface area (Å²) < 4.78 is 0. The first kappa shape index (κ1) is 6.99. The second-order valence-electron chi connectivity index (χ2n) is 2.57. The van der Waals surface area contributed by atoms with E-state index in [0.29, 0.717) is 6.04 Å². The van der Waals surface area contributed by atoms with Crippen LogP contribution in [0.25, 0.3) is 0 Å². The maximum absolute atomic E-state index is 5.72. The molecule has 1 heterocycles. The van der Waals surface area contributed by atoms with Gasteiger partial charge in [0.25, 0.3) is 0 Å². The van der Waals surface area contributed by atoms with Gasteiger partial charge in [-0.15, -0.1) is 0 Å². The Morgan fingerprint density at radius 2 is 2.44 bits per heavy atom. The molecule has 1 aliphatic rings. The molecule has 1 saturated heterocycles. The maximum atomic E-state index is 5.72. The molecule has 9 heavy (non-hydrogen) atoms. The van der Waals surface area contributed by atoms with Gasteiger partial charge in [-0.3, -0.25) is 5.43 Å². The van der Waals surface area contributed by atoms with E-state index >= 15 is 0 Å². The van der Waals surface area contributed by atoms with Crippen molar-refractivity contribution in [1.29, 1.82) is 0 Å². The molecule has 0 aromatic rings. The number of piperidine rings is 1. The predicted molar refractivity (Wildman–Crippen MR) is 37.8 cm³/mol. The molecule has 3 heteroatoms. The smallest absolute Gasteiger partial charge is 0.0282 e. The largest absolute Gasteiger partial charge is 0.326 e. The average Bonchev–Trinajstić information content (AvgIpc) is 1.88. The number of nitrogens with one attached hydrogen (secondary N) is 1. The Balaban J connectivity index is 2.23. The highest BCUT2D eigenvalue weighted by Gasteiger charge is 2.13. The fourth-order valence-electron chi connectivity index (χ4n) is 1.21. The molecule has 3 nitrogen and oxygen atoms in total. The van der Waals surface area contributed by atoms with E-state index in [4.69, 9.17) is 5.73 Å². The molecule has 3 N–H and O–H groups in total. The molecule has 1 fully saturated rings. The zero-order chi connectivity index (χ0) is 6.69. The quantitative estimate of drug-likeness (QED) is 0.503. The molecule has 0 aliphatic carbocycles. The van der Waals surface area contributed by atoms with Crippen molar-refractivity contribution in [2.24, 2.45) is 5.73 Å². The van der Waals surface area contributed by atoms with Crippen LogP contribution in [0.2, 0.25) is 0 Å². The summed E-state index contributed by atoms with van der Waals surface area (Å²) >= 11 is 0. The van der Waals surface area contributed by atoms with Gasteiger partial charge in [0.05, 0.1) is 0 Å². The van der Waals surface area contributed by atoms with Crippen LogP contribution in [0.15, 0.2) is 0 Å². The summed E-state index contributed by atoms with van der Waals surface area (Å²) in [7, 11) is 1.94. The van der Waals surface area contributed by atoms with Gasteiger partial charge in [0, 0.05) is 19.1 Å². The molecule has 1 atom stereocenters. The fraction of sp³-hybridized carbons (Fsp3) is 1.00. The summed E-state index contributed by atoms with van der Waals surface area (Å²) in [6.07, 6.45) is 2.40. The molecular weight excluding hydrogens is 114 g/mol. The summed E-state index contributed by atoms with van der Waals surface area (Å²) in [5.41, 5.74) is 8.81. The predicted octanol–water partition coefficient (Wildman–Crippen LogP) is -0.456. The van der Waals surface area contributed by atoms with Crippen molar-refractivity contribution < 1.29 is 0 Å². The van der Waals surface area contributed by atoms with Gasteiger partial charge in [-0.1, -0.05) is 0 Å². The van der Waals surface area contributed by atoms with Crippen molar-refractivity contribution in [3.05, 3.63) is 0 Å². The van der Waals surface area contributed by atoms with Gasteiger partial charge >= 0.3 is 0 Å². The molecule has 0 spiro atoms. The first-order valence-corrected chi connectivity index (χ1v) is 3.51. The molecule has 0 radical (unpaired) electrons. The van der Waals surface area contributed by atoms with E-state index in [-0.39, 0.29) is 0 Å². The van der Waals surface area contributed by atoms with E-state index in [1.807, 2.05) is 7.05 Å². The molecule has 0 bridgehead atoms. The first-order valence-electron chi connectivity index (χ1n) is 3.51. The third-order valence-electron chi connectivity index (χ3n) is 1.77. The van der Waals surface area contributed by atoms with Gasteiger partial charge in [-0.2, -0.15) is 0 Å². The summed E-state index contributed by atoms with van der Waals surface area (Å²) in [5.74, 6) is 0. The molecular formula is C6H15N3. The summed E-state index contributed by atoms with van der Waals surface area (Å²) in [6, 6.07) is 0.381. The van der Waals surface area contributed by atoms with Crippen LogP contribution in [0, 0.1) is 0 Å². The zero-order valence-electron chi connectivity index (χ0n) is 5.93. The van der Waals surface area contributed by atoms with Crippen LogP contribution < -0.4 is 11.2 Å². The second kappa shape index (κ2) is 3.15. The lowest BCUT2D eigenvalue weighted by Crippen LogP contribution is -2.48. The minimum absolute atomic E-state index is 0.381. The lowest BCUT2D eigenvalue weighted by atomic mass is 10.1. The van der Waals surface area contributed by atoms with Crippen LogP contribution >= 0.6 is 0 Å². The SMILES string of the molecule is CNN1CCCC(N)C1. The molecule has 54 valence electrons. The first-order chi connectivity index (χ1) is 4.33. The summed E-state index contributed by atoms with van der Waals surface area (Å²) in [4.78, 5) is 0. The number of hydrazine groups is 1. The fourth-order valence-corrected chi connectivity index (χ4v) is 1.21. The van der Waals surface area contributed by atoms with Gasteiger partial charge in [-0.05, 0) is 19.9 Å². The molecule has 0 amide bonds. The molecule has 0 aromatic carbocycles. The highest BCUT2D eigenvalue weighted by atomic mass is 15.5. The standard InChI is InChI=1S/C6H15N3/c1-8-9-4-2-3-6(7)5-9/h6,8H,2-5,7H2,1H3. The maximum Gasteiger partial charge on any atom is 0.0282 e. The van der Waals surface area contributed by atoms with Crippen LogP contribution in [0.4, 0.5) is 0 Å². The number of hydrogen-bond donors (Lipinski definition) is 2. The van der Waals surface area contributed by atoms with Crippen LogP contribution in [-0.4, -0.2) is 31.2 Å². The van der Waals surface area contributed by atoms with Gasteiger partial charge < -0.3 is 5.73 Å². The Morgan fingerprint density at radius 3 is 2.89 bits per heavy atom. The number of nitrogens with two attached hydrogens (primary N) is 1. The third kappa shape index (κ3) is 1.93. The highest BCUT2D eigenvalue weighted by molar-refractivity contribution is 4.71. The van der Waals surface area contributed by atoms with E-state index < -0.39 is 0 Å². The molecule has 1 aliphatic heterocycles.